The number of amides is 1. The van der Waals surface area contributed by atoms with Crippen molar-refractivity contribution in [3.05, 3.63) is 24.3 Å². The van der Waals surface area contributed by atoms with E-state index in [0.717, 1.165) is 13.3 Å². The van der Waals surface area contributed by atoms with Crippen LogP contribution in [0.15, 0.2) is 18.6 Å². The van der Waals surface area contributed by atoms with Gasteiger partial charge in [-0.25, -0.2) is 9.97 Å². The second kappa shape index (κ2) is 4.24. The third-order valence-corrected chi connectivity index (χ3v) is 1.65. The zero-order valence-corrected chi connectivity index (χ0v) is 7.75. The Labute approximate surface area is 83.5 Å². The van der Waals surface area contributed by atoms with E-state index in [4.69, 9.17) is 0 Å². The maximum atomic E-state index is 12.1. The Kier molecular flexibility index (Phi) is 3.23. The molecule has 0 aliphatic rings. The highest BCUT2D eigenvalue weighted by Crippen LogP contribution is 2.19. The second-order valence-corrected chi connectivity index (χ2v) is 2.83. The smallest absolute Gasteiger partial charge is 0.339 e. The number of carbonyl (C=O) groups is 1. The normalized spacial score (nSPS) is 13.3. The summed E-state index contributed by atoms with van der Waals surface area (Å²) in [6.45, 7) is 0.860. The molecule has 0 aliphatic heterocycles. The van der Waals surface area contributed by atoms with Gasteiger partial charge in [-0.3, -0.25) is 4.79 Å². The van der Waals surface area contributed by atoms with Gasteiger partial charge in [-0.2, -0.15) is 13.2 Å². The van der Waals surface area contributed by atoms with Crippen LogP contribution in [0.4, 0.5) is 13.2 Å². The van der Waals surface area contributed by atoms with Gasteiger partial charge in [0.1, 0.15) is 18.1 Å². The fraction of sp³-hybridized carbons (Fsp3) is 0.375. The van der Waals surface area contributed by atoms with Gasteiger partial charge in [-0.05, 0) is 13.0 Å². The number of hydrogen-bond acceptors (Lipinski definition) is 3. The number of rotatable bonds is 2. The quantitative estimate of drug-likeness (QED) is 0.811. The lowest BCUT2D eigenvalue weighted by atomic mass is 10.3. The Hall–Kier alpha value is -1.66. The first-order valence-electron chi connectivity index (χ1n) is 4.05. The molecule has 0 saturated carbocycles. The molecule has 0 aliphatic carbocycles. The van der Waals surface area contributed by atoms with Gasteiger partial charge >= 0.3 is 6.18 Å². The van der Waals surface area contributed by atoms with Crippen molar-refractivity contribution in [3.63, 3.8) is 0 Å². The number of halogens is 3. The van der Waals surface area contributed by atoms with Crippen molar-refractivity contribution in [1.29, 1.82) is 0 Å². The Morgan fingerprint density at radius 1 is 1.53 bits per heavy atom. The van der Waals surface area contributed by atoms with E-state index >= 15 is 0 Å². The van der Waals surface area contributed by atoms with Crippen LogP contribution in [0.3, 0.4) is 0 Å². The summed E-state index contributed by atoms with van der Waals surface area (Å²) in [7, 11) is 0. The minimum Gasteiger partial charge on any atom is -0.339 e. The third kappa shape index (κ3) is 3.19. The van der Waals surface area contributed by atoms with Crippen molar-refractivity contribution in [1.82, 2.24) is 15.3 Å². The lowest BCUT2D eigenvalue weighted by Gasteiger charge is -2.16. The molecule has 1 N–H and O–H groups in total. The third-order valence-electron chi connectivity index (χ3n) is 1.65. The zero-order chi connectivity index (χ0) is 11.5. The van der Waals surface area contributed by atoms with Crippen molar-refractivity contribution in [2.45, 2.75) is 19.1 Å². The van der Waals surface area contributed by atoms with Gasteiger partial charge < -0.3 is 5.32 Å². The van der Waals surface area contributed by atoms with E-state index in [1.807, 2.05) is 0 Å². The number of aromatic nitrogens is 2. The maximum absolute atomic E-state index is 12.1. The van der Waals surface area contributed by atoms with Crippen molar-refractivity contribution in [3.8, 4) is 0 Å². The monoisotopic (exact) mass is 219 g/mol. The molecule has 1 heterocycles. The number of carbonyl (C=O) groups excluding carboxylic acids is 1. The predicted molar refractivity (Wildman–Crippen MR) is 45.0 cm³/mol. The summed E-state index contributed by atoms with van der Waals surface area (Å²) in [5, 5.41) is 1.78. The Balaban J connectivity index is 2.65. The lowest BCUT2D eigenvalue weighted by Crippen LogP contribution is -2.43. The van der Waals surface area contributed by atoms with Crippen LogP contribution in [0.25, 0.3) is 0 Å². The first-order chi connectivity index (χ1) is 6.91. The molecule has 1 atom stereocenters. The second-order valence-electron chi connectivity index (χ2n) is 2.83. The molecule has 1 aromatic rings. The molecule has 0 aromatic carbocycles. The number of nitrogens with zero attached hydrogens (tertiary/aromatic N) is 2. The van der Waals surface area contributed by atoms with Crippen molar-refractivity contribution in [2.75, 3.05) is 0 Å². The van der Waals surface area contributed by atoms with Crippen LogP contribution in [0.1, 0.15) is 17.4 Å². The van der Waals surface area contributed by atoms with Crippen molar-refractivity contribution >= 4 is 5.91 Å². The van der Waals surface area contributed by atoms with E-state index in [9.17, 15) is 18.0 Å². The highest BCUT2D eigenvalue weighted by atomic mass is 19.4. The molecular formula is C8H8F3N3O. The highest BCUT2D eigenvalue weighted by molar-refractivity contribution is 5.92. The molecule has 15 heavy (non-hydrogen) atoms. The standard InChI is InChI=1S/C8H8F3N3O/c1-5(8(9,10)11)14-7(15)6-2-3-12-4-13-6/h2-5H,1H3,(H,14,15)/t5-/m0/s1. The minimum atomic E-state index is -4.46. The summed E-state index contributed by atoms with van der Waals surface area (Å²) in [5.74, 6) is -0.873. The summed E-state index contributed by atoms with van der Waals surface area (Å²) >= 11 is 0. The van der Waals surface area contributed by atoms with E-state index in [-0.39, 0.29) is 5.69 Å². The summed E-state index contributed by atoms with van der Waals surface area (Å²) in [5.41, 5.74) is -0.0962. The molecule has 1 amide bonds. The minimum absolute atomic E-state index is 0.0962. The van der Waals surface area contributed by atoms with Gasteiger partial charge in [0, 0.05) is 6.20 Å². The predicted octanol–water partition coefficient (Wildman–Crippen LogP) is 1.16. The van der Waals surface area contributed by atoms with Crippen LogP contribution in [-0.4, -0.2) is 28.1 Å². The molecule has 0 radical (unpaired) electrons. The number of nitrogens with one attached hydrogen (secondary N) is 1. The molecule has 82 valence electrons. The SMILES string of the molecule is C[C@H](NC(=O)c1ccncn1)C(F)(F)F. The highest BCUT2D eigenvalue weighted by Gasteiger charge is 2.37. The lowest BCUT2D eigenvalue weighted by molar-refractivity contribution is -0.149. The van der Waals surface area contributed by atoms with E-state index in [0.29, 0.717) is 0 Å². The fourth-order valence-electron chi connectivity index (χ4n) is 0.777. The molecule has 4 nitrogen and oxygen atoms in total. The largest absolute Gasteiger partial charge is 0.408 e. The summed E-state index contributed by atoms with van der Waals surface area (Å²) < 4.78 is 36.2. The first kappa shape index (κ1) is 11.4. The van der Waals surface area contributed by atoms with Crippen LogP contribution >= 0.6 is 0 Å². The van der Waals surface area contributed by atoms with Gasteiger partial charge in [0.2, 0.25) is 0 Å². The molecule has 0 unspecified atom stereocenters. The molecule has 1 aromatic heterocycles. The van der Waals surface area contributed by atoms with Crippen LogP contribution in [0.5, 0.6) is 0 Å². The van der Waals surface area contributed by atoms with Gasteiger partial charge in [0.05, 0.1) is 0 Å². The summed E-state index contributed by atoms with van der Waals surface area (Å²) in [4.78, 5) is 18.3. The van der Waals surface area contributed by atoms with Gasteiger partial charge in [-0.1, -0.05) is 0 Å². The molecule has 1 rings (SSSR count). The summed E-state index contributed by atoms with van der Waals surface area (Å²) in [6, 6.07) is -0.668. The van der Waals surface area contributed by atoms with Crippen LogP contribution < -0.4 is 5.32 Å². The van der Waals surface area contributed by atoms with Gasteiger partial charge in [-0.15, -0.1) is 0 Å². The molecule has 0 bridgehead atoms. The maximum Gasteiger partial charge on any atom is 0.408 e. The van der Waals surface area contributed by atoms with Crippen LogP contribution in [0, 0.1) is 0 Å². The number of hydrogen-bond donors (Lipinski definition) is 1. The Morgan fingerprint density at radius 3 is 2.67 bits per heavy atom. The molecule has 7 heteroatoms. The average Bonchev–Trinajstić information content (AvgIpc) is 2.17. The topological polar surface area (TPSA) is 54.9 Å². The van der Waals surface area contributed by atoms with E-state index < -0.39 is 18.1 Å². The number of alkyl halides is 3. The molecular weight excluding hydrogens is 211 g/mol. The average molecular weight is 219 g/mol. The van der Waals surface area contributed by atoms with Crippen molar-refractivity contribution < 1.29 is 18.0 Å². The fourth-order valence-corrected chi connectivity index (χ4v) is 0.777. The van der Waals surface area contributed by atoms with E-state index in [1.165, 1.54) is 12.3 Å². The Bertz CT molecular complexity index is 339. The van der Waals surface area contributed by atoms with Gasteiger partial charge in [0.25, 0.3) is 5.91 Å². The van der Waals surface area contributed by atoms with E-state index in [1.54, 1.807) is 5.32 Å². The van der Waals surface area contributed by atoms with Crippen LogP contribution in [0.2, 0.25) is 0 Å². The Morgan fingerprint density at radius 2 is 2.20 bits per heavy atom. The van der Waals surface area contributed by atoms with Gasteiger partial charge in [0.15, 0.2) is 0 Å². The first-order valence-corrected chi connectivity index (χ1v) is 4.05. The molecule has 0 saturated heterocycles. The molecule has 0 fully saturated rings. The van der Waals surface area contributed by atoms with Crippen LogP contribution in [-0.2, 0) is 0 Å². The molecule has 0 spiro atoms. The summed E-state index contributed by atoms with van der Waals surface area (Å²) in [6.07, 6.45) is -2.09. The van der Waals surface area contributed by atoms with Crippen molar-refractivity contribution in [2.24, 2.45) is 0 Å². The van der Waals surface area contributed by atoms with E-state index in [2.05, 4.69) is 9.97 Å². The zero-order valence-electron chi connectivity index (χ0n) is 7.75.